The van der Waals surface area contributed by atoms with Gasteiger partial charge in [-0.1, -0.05) is 6.92 Å². The van der Waals surface area contributed by atoms with Crippen molar-refractivity contribution < 1.29 is 4.79 Å². The molecule has 1 aliphatic rings. The molecule has 2 N–H and O–H groups in total. The fraction of sp³-hybridized carbons (Fsp3) is 0.917. The number of piperidine rings is 1. The van der Waals surface area contributed by atoms with Crippen LogP contribution < -0.4 is 10.6 Å². The number of hydrogen-bond acceptors (Lipinski definition) is 3. The maximum Gasteiger partial charge on any atom is 0.221 e. The largest absolute Gasteiger partial charge is 0.359 e. The maximum absolute atomic E-state index is 11.1. The summed E-state index contributed by atoms with van der Waals surface area (Å²) in [5.74, 6) is 0.978. The van der Waals surface area contributed by atoms with Gasteiger partial charge in [-0.25, -0.2) is 0 Å². The van der Waals surface area contributed by atoms with E-state index in [4.69, 9.17) is 0 Å². The van der Waals surface area contributed by atoms with E-state index in [0.717, 1.165) is 38.6 Å². The van der Waals surface area contributed by atoms with Crippen LogP contribution in [0.2, 0.25) is 0 Å². The van der Waals surface area contributed by atoms with Crippen molar-refractivity contribution in [1.82, 2.24) is 15.5 Å². The third-order valence-electron chi connectivity index (χ3n) is 3.32. The zero-order chi connectivity index (χ0) is 11.8. The van der Waals surface area contributed by atoms with E-state index in [-0.39, 0.29) is 5.91 Å². The van der Waals surface area contributed by atoms with Crippen LogP contribution in [0.15, 0.2) is 0 Å². The van der Waals surface area contributed by atoms with Gasteiger partial charge in [-0.3, -0.25) is 4.79 Å². The summed E-state index contributed by atoms with van der Waals surface area (Å²) >= 11 is 0. The van der Waals surface area contributed by atoms with Crippen molar-refractivity contribution in [3.05, 3.63) is 0 Å². The highest BCUT2D eigenvalue weighted by Crippen LogP contribution is 2.16. The van der Waals surface area contributed by atoms with Crippen LogP contribution in [-0.2, 0) is 4.79 Å². The number of hydrogen-bond donors (Lipinski definition) is 2. The average molecular weight is 227 g/mol. The zero-order valence-corrected chi connectivity index (χ0v) is 10.6. The van der Waals surface area contributed by atoms with Crippen LogP contribution in [0.25, 0.3) is 0 Å². The Hall–Kier alpha value is -0.610. The van der Waals surface area contributed by atoms with Crippen LogP contribution in [0.5, 0.6) is 0 Å². The first kappa shape index (κ1) is 13.5. The number of carbonyl (C=O) groups excluding carboxylic acids is 1. The lowest BCUT2D eigenvalue weighted by Crippen LogP contribution is -2.38. The fourth-order valence-corrected chi connectivity index (χ4v) is 2.15. The molecule has 0 spiro atoms. The van der Waals surface area contributed by atoms with Crippen LogP contribution >= 0.6 is 0 Å². The summed E-state index contributed by atoms with van der Waals surface area (Å²) in [6.07, 6.45) is 3.16. The lowest BCUT2D eigenvalue weighted by molar-refractivity contribution is -0.121. The van der Waals surface area contributed by atoms with Crippen molar-refractivity contribution in [1.29, 1.82) is 0 Å². The standard InChI is InChI=1S/C12H25N3O/c1-3-14-10-11-4-7-15(8-5-11)9-6-12(16)13-2/h11,14H,3-10H2,1-2H3,(H,13,16). The summed E-state index contributed by atoms with van der Waals surface area (Å²) in [5, 5.41) is 6.08. The molecular formula is C12H25N3O. The molecular weight excluding hydrogens is 202 g/mol. The Morgan fingerprint density at radius 1 is 1.38 bits per heavy atom. The molecule has 4 nitrogen and oxygen atoms in total. The van der Waals surface area contributed by atoms with Crippen molar-refractivity contribution in [2.45, 2.75) is 26.2 Å². The molecule has 16 heavy (non-hydrogen) atoms. The third kappa shape index (κ3) is 4.94. The molecule has 1 aliphatic heterocycles. The Kier molecular flexibility index (Phi) is 6.42. The minimum atomic E-state index is 0.148. The van der Waals surface area contributed by atoms with Crippen LogP contribution in [0, 0.1) is 5.92 Å². The lowest BCUT2D eigenvalue weighted by Gasteiger charge is -2.31. The van der Waals surface area contributed by atoms with E-state index in [1.54, 1.807) is 7.05 Å². The first-order chi connectivity index (χ1) is 7.76. The van der Waals surface area contributed by atoms with Gasteiger partial charge in [-0.05, 0) is 44.9 Å². The molecule has 0 unspecified atom stereocenters. The molecule has 0 radical (unpaired) electrons. The molecule has 0 atom stereocenters. The van der Waals surface area contributed by atoms with Crippen LogP contribution in [0.4, 0.5) is 0 Å². The van der Waals surface area contributed by atoms with Gasteiger partial charge in [0.05, 0.1) is 0 Å². The van der Waals surface area contributed by atoms with Gasteiger partial charge in [0.1, 0.15) is 0 Å². The van der Waals surface area contributed by atoms with Crippen molar-refractivity contribution in [3.8, 4) is 0 Å². The van der Waals surface area contributed by atoms with Crippen molar-refractivity contribution >= 4 is 5.91 Å². The van der Waals surface area contributed by atoms with Gasteiger partial charge >= 0.3 is 0 Å². The molecule has 0 bridgehead atoms. The van der Waals surface area contributed by atoms with Gasteiger partial charge in [-0.2, -0.15) is 0 Å². The van der Waals surface area contributed by atoms with Gasteiger partial charge in [0.15, 0.2) is 0 Å². The van der Waals surface area contributed by atoms with Gasteiger partial charge in [0.25, 0.3) is 0 Å². The number of amides is 1. The molecule has 1 amide bonds. The predicted molar refractivity (Wildman–Crippen MR) is 66.4 cm³/mol. The summed E-state index contributed by atoms with van der Waals surface area (Å²) in [5.41, 5.74) is 0. The Morgan fingerprint density at radius 3 is 2.62 bits per heavy atom. The molecule has 0 aliphatic carbocycles. The van der Waals surface area contributed by atoms with E-state index in [9.17, 15) is 4.79 Å². The van der Waals surface area contributed by atoms with E-state index in [1.165, 1.54) is 12.8 Å². The smallest absolute Gasteiger partial charge is 0.221 e. The summed E-state index contributed by atoms with van der Waals surface area (Å²) in [4.78, 5) is 13.5. The van der Waals surface area contributed by atoms with E-state index in [0.29, 0.717) is 6.42 Å². The second kappa shape index (κ2) is 7.63. The van der Waals surface area contributed by atoms with Crippen LogP contribution in [-0.4, -0.2) is 50.6 Å². The van der Waals surface area contributed by atoms with Crippen molar-refractivity contribution in [2.75, 3.05) is 39.8 Å². The highest BCUT2D eigenvalue weighted by molar-refractivity contribution is 5.75. The van der Waals surface area contributed by atoms with E-state index in [1.807, 2.05) is 0 Å². The molecule has 1 heterocycles. The van der Waals surface area contributed by atoms with E-state index in [2.05, 4.69) is 22.5 Å². The Bertz CT molecular complexity index is 200. The van der Waals surface area contributed by atoms with Crippen LogP contribution in [0.3, 0.4) is 0 Å². The van der Waals surface area contributed by atoms with Gasteiger partial charge in [0.2, 0.25) is 5.91 Å². The average Bonchev–Trinajstić information content (AvgIpc) is 2.34. The molecule has 1 saturated heterocycles. The van der Waals surface area contributed by atoms with E-state index < -0.39 is 0 Å². The Morgan fingerprint density at radius 2 is 2.06 bits per heavy atom. The Balaban J connectivity index is 2.09. The number of nitrogens with one attached hydrogen (secondary N) is 2. The summed E-state index contributed by atoms with van der Waals surface area (Å²) in [6.45, 7) is 7.57. The quantitative estimate of drug-likeness (QED) is 0.692. The third-order valence-corrected chi connectivity index (χ3v) is 3.32. The molecule has 0 saturated carbocycles. The molecule has 1 fully saturated rings. The second-order valence-electron chi connectivity index (χ2n) is 4.52. The fourth-order valence-electron chi connectivity index (χ4n) is 2.15. The minimum absolute atomic E-state index is 0.148. The highest BCUT2D eigenvalue weighted by atomic mass is 16.1. The SMILES string of the molecule is CCNCC1CCN(CCC(=O)NC)CC1. The normalized spacial score (nSPS) is 18.6. The number of nitrogens with zero attached hydrogens (tertiary/aromatic N) is 1. The molecule has 0 aromatic heterocycles. The summed E-state index contributed by atoms with van der Waals surface area (Å²) in [7, 11) is 1.70. The van der Waals surface area contributed by atoms with Gasteiger partial charge in [-0.15, -0.1) is 0 Å². The zero-order valence-electron chi connectivity index (χ0n) is 10.6. The summed E-state index contributed by atoms with van der Waals surface area (Å²) < 4.78 is 0. The minimum Gasteiger partial charge on any atom is -0.359 e. The Labute approximate surface area is 98.8 Å². The number of rotatable bonds is 6. The predicted octanol–water partition coefficient (Wildman–Crippen LogP) is 0.444. The maximum atomic E-state index is 11.1. The molecule has 0 aromatic rings. The van der Waals surface area contributed by atoms with Crippen LogP contribution in [0.1, 0.15) is 26.2 Å². The molecule has 1 rings (SSSR count). The first-order valence-corrected chi connectivity index (χ1v) is 6.40. The highest BCUT2D eigenvalue weighted by Gasteiger charge is 2.18. The molecule has 0 aromatic carbocycles. The lowest BCUT2D eigenvalue weighted by atomic mass is 9.96. The van der Waals surface area contributed by atoms with Crippen molar-refractivity contribution in [3.63, 3.8) is 0 Å². The summed E-state index contributed by atoms with van der Waals surface area (Å²) in [6, 6.07) is 0. The topological polar surface area (TPSA) is 44.4 Å². The van der Waals surface area contributed by atoms with E-state index >= 15 is 0 Å². The second-order valence-corrected chi connectivity index (χ2v) is 4.52. The van der Waals surface area contributed by atoms with Gasteiger partial charge in [0, 0.05) is 20.0 Å². The molecule has 4 heteroatoms. The number of carbonyl (C=O) groups is 1. The van der Waals surface area contributed by atoms with Gasteiger partial charge < -0.3 is 15.5 Å². The molecule has 94 valence electrons. The number of likely N-dealkylation sites (tertiary alicyclic amines) is 1. The first-order valence-electron chi connectivity index (χ1n) is 6.40. The monoisotopic (exact) mass is 227 g/mol. The van der Waals surface area contributed by atoms with Crippen molar-refractivity contribution in [2.24, 2.45) is 5.92 Å².